The summed E-state index contributed by atoms with van der Waals surface area (Å²) in [6, 6.07) is 6.49. The first-order valence-electron chi connectivity index (χ1n) is 7.31. The van der Waals surface area contributed by atoms with Gasteiger partial charge >= 0.3 is 0 Å². The highest BCUT2D eigenvalue weighted by Gasteiger charge is 2.12. The molecule has 0 aliphatic heterocycles. The highest BCUT2D eigenvalue weighted by atomic mass is 32.1. The van der Waals surface area contributed by atoms with Gasteiger partial charge in [-0.3, -0.25) is 30.2 Å². The van der Waals surface area contributed by atoms with E-state index in [0.717, 1.165) is 10.6 Å². The number of anilines is 2. The molecule has 25 heavy (non-hydrogen) atoms. The molecule has 0 aliphatic rings. The molecule has 1 aromatic heterocycles. The van der Waals surface area contributed by atoms with Gasteiger partial charge in [-0.2, -0.15) is 0 Å². The monoisotopic (exact) mass is 366 g/mol. The number of hydrogen-bond acceptors (Lipinski definition) is 8. The zero-order valence-electron chi connectivity index (χ0n) is 13.6. The van der Waals surface area contributed by atoms with E-state index in [1.54, 1.807) is 31.2 Å². The summed E-state index contributed by atoms with van der Waals surface area (Å²) in [6.45, 7) is 3.26. The van der Waals surface area contributed by atoms with Crippen molar-refractivity contribution < 1.29 is 24.8 Å². The Morgan fingerprint density at radius 3 is 2.52 bits per heavy atom. The van der Waals surface area contributed by atoms with Crippen LogP contribution in [0.1, 0.15) is 27.9 Å². The second-order valence-electron chi connectivity index (χ2n) is 5.08. The molecule has 0 saturated carbocycles. The highest BCUT2D eigenvalue weighted by molar-refractivity contribution is 7.15. The molecule has 0 unspecified atom stereocenters. The molecule has 9 nitrogen and oxygen atoms in total. The SMILES string of the molecule is CC(=O)Nc1ccc(C(=O)Nc2nc(C)c(CCON(O)O)s2)cc1. The lowest BCUT2D eigenvalue weighted by Crippen LogP contribution is -2.16. The molecular weight excluding hydrogens is 348 g/mol. The van der Waals surface area contributed by atoms with Crippen molar-refractivity contribution in [2.45, 2.75) is 20.3 Å². The second-order valence-corrected chi connectivity index (χ2v) is 6.16. The van der Waals surface area contributed by atoms with Crippen LogP contribution in [0, 0.1) is 6.92 Å². The van der Waals surface area contributed by atoms with Crippen molar-refractivity contribution in [1.29, 1.82) is 0 Å². The normalized spacial score (nSPS) is 10.8. The van der Waals surface area contributed by atoms with Crippen LogP contribution in [-0.2, 0) is 16.1 Å². The summed E-state index contributed by atoms with van der Waals surface area (Å²) in [7, 11) is 0. The number of nitrogens with one attached hydrogen (secondary N) is 2. The molecule has 0 bridgehead atoms. The maximum absolute atomic E-state index is 12.2. The lowest BCUT2D eigenvalue weighted by Gasteiger charge is -2.05. The van der Waals surface area contributed by atoms with Gasteiger partial charge in [0.1, 0.15) is 0 Å². The topological polar surface area (TPSA) is 124 Å². The number of rotatable bonds is 7. The molecule has 2 rings (SSSR count). The van der Waals surface area contributed by atoms with Gasteiger partial charge in [0.2, 0.25) is 5.91 Å². The Kier molecular flexibility index (Phi) is 6.56. The Balaban J connectivity index is 1.97. The van der Waals surface area contributed by atoms with Gasteiger partial charge in [0.25, 0.3) is 5.91 Å². The maximum Gasteiger partial charge on any atom is 0.257 e. The minimum Gasteiger partial charge on any atom is -0.326 e. The van der Waals surface area contributed by atoms with Crippen LogP contribution >= 0.6 is 11.3 Å². The summed E-state index contributed by atoms with van der Waals surface area (Å²) in [5, 5.41) is 22.4. The Hall–Kier alpha value is -2.37. The summed E-state index contributed by atoms with van der Waals surface area (Å²) < 4.78 is 0. The molecule has 0 spiro atoms. The molecule has 0 fully saturated rings. The number of nitrogens with zero attached hydrogens (tertiary/aromatic N) is 2. The number of thiazole rings is 1. The summed E-state index contributed by atoms with van der Waals surface area (Å²) in [4.78, 5) is 32.9. The molecule has 2 amide bonds. The van der Waals surface area contributed by atoms with Gasteiger partial charge in [-0.15, -0.1) is 11.3 Å². The first-order valence-corrected chi connectivity index (χ1v) is 8.13. The van der Waals surface area contributed by atoms with Gasteiger partial charge in [-0.1, -0.05) is 0 Å². The second kappa shape index (κ2) is 8.65. The van der Waals surface area contributed by atoms with Gasteiger partial charge in [0.05, 0.1) is 17.7 Å². The predicted octanol–water partition coefficient (Wildman–Crippen LogP) is 2.22. The van der Waals surface area contributed by atoms with E-state index in [0.29, 0.717) is 22.8 Å². The molecule has 4 N–H and O–H groups in total. The summed E-state index contributed by atoms with van der Waals surface area (Å²) in [5.41, 5.74) is 1.77. The van der Waals surface area contributed by atoms with Gasteiger partial charge in [0, 0.05) is 29.5 Å². The predicted molar refractivity (Wildman–Crippen MR) is 90.6 cm³/mol. The minimum absolute atomic E-state index is 0.0635. The fraction of sp³-hybridized carbons (Fsp3) is 0.267. The molecule has 10 heteroatoms. The number of carbonyl (C=O) groups excluding carboxylic acids is 2. The lowest BCUT2D eigenvalue weighted by atomic mass is 10.2. The molecular formula is C15H18N4O5S. The standard InChI is InChI=1S/C15H18N4O5S/c1-9-13(7-8-24-19(22)23)25-15(16-9)18-14(21)11-3-5-12(6-4-11)17-10(2)20/h3-6,22-23H,7-8H2,1-2H3,(H,17,20)(H,16,18,21). The van der Waals surface area contributed by atoms with Crippen molar-refractivity contribution >= 4 is 34.0 Å². The Labute approximate surface area is 147 Å². The van der Waals surface area contributed by atoms with Crippen LogP contribution in [0.2, 0.25) is 0 Å². The summed E-state index contributed by atoms with van der Waals surface area (Å²) >= 11 is 1.28. The molecule has 0 aliphatic carbocycles. The van der Waals surface area contributed by atoms with Gasteiger partial charge in [-0.05, 0) is 31.2 Å². The molecule has 1 aromatic carbocycles. The van der Waals surface area contributed by atoms with Crippen molar-refractivity contribution in [2.75, 3.05) is 17.2 Å². The van der Waals surface area contributed by atoms with Crippen LogP contribution in [0.25, 0.3) is 0 Å². The smallest absolute Gasteiger partial charge is 0.257 e. The average Bonchev–Trinajstić information content (AvgIpc) is 2.86. The van der Waals surface area contributed by atoms with Gasteiger partial charge in [0.15, 0.2) is 5.13 Å². The Morgan fingerprint density at radius 1 is 1.24 bits per heavy atom. The van der Waals surface area contributed by atoms with E-state index in [1.807, 2.05) is 0 Å². The van der Waals surface area contributed by atoms with Crippen molar-refractivity contribution in [3.05, 3.63) is 40.4 Å². The van der Waals surface area contributed by atoms with Crippen LogP contribution in [0.15, 0.2) is 24.3 Å². The van der Waals surface area contributed by atoms with E-state index in [2.05, 4.69) is 20.5 Å². The lowest BCUT2D eigenvalue weighted by molar-refractivity contribution is -0.492. The summed E-state index contributed by atoms with van der Waals surface area (Å²) in [6.07, 6.45) is 0.419. The number of aromatic nitrogens is 1. The average molecular weight is 366 g/mol. The zero-order valence-corrected chi connectivity index (χ0v) is 14.5. The molecule has 1 heterocycles. The highest BCUT2D eigenvalue weighted by Crippen LogP contribution is 2.24. The van der Waals surface area contributed by atoms with Crippen molar-refractivity contribution in [3.63, 3.8) is 0 Å². The molecule has 2 aromatic rings. The third-order valence-corrected chi connectivity index (χ3v) is 4.25. The van der Waals surface area contributed by atoms with E-state index in [4.69, 9.17) is 10.4 Å². The number of benzene rings is 1. The molecule has 0 atom stereocenters. The van der Waals surface area contributed by atoms with E-state index in [-0.39, 0.29) is 23.8 Å². The fourth-order valence-corrected chi connectivity index (χ4v) is 2.95. The quantitative estimate of drug-likeness (QED) is 0.554. The van der Waals surface area contributed by atoms with Crippen LogP contribution in [0.5, 0.6) is 0 Å². The molecule has 0 radical (unpaired) electrons. The van der Waals surface area contributed by atoms with Crippen molar-refractivity contribution in [2.24, 2.45) is 0 Å². The van der Waals surface area contributed by atoms with Crippen molar-refractivity contribution in [3.8, 4) is 0 Å². The van der Waals surface area contributed by atoms with E-state index >= 15 is 0 Å². The van der Waals surface area contributed by atoms with E-state index in [1.165, 1.54) is 18.3 Å². The third-order valence-electron chi connectivity index (χ3n) is 3.12. The molecule has 134 valence electrons. The first kappa shape index (κ1) is 19.0. The largest absolute Gasteiger partial charge is 0.326 e. The fourth-order valence-electron chi connectivity index (χ4n) is 2.01. The molecule has 0 saturated heterocycles. The third kappa shape index (κ3) is 5.89. The van der Waals surface area contributed by atoms with Crippen LogP contribution in [-0.4, -0.2) is 39.2 Å². The zero-order chi connectivity index (χ0) is 18.4. The van der Waals surface area contributed by atoms with Gasteiger partial charge < -0.3 is 5.32 Å². The number of carbonyl (C=O) groups is 2. The maximum atomic E-state index is 12.2. The minimum atomic E-state index is -0.344. The van der Waals surface area contributed by atoms with Gasteiger partial charge in [-0.25, -0.2) is 4.98 Å². The number of aryl methyl sites for hydroxylation is 1. The Bertz CT molecular complexity index is 745. The first-order chi connectivity index (χ1) is 11.8. The number of hydrogen-bond donors (Lipinski definition) is 4. The van der Waals surface area contributed by atoms with Crippen LogP contribution < -0.4 is 10.6 Å². The van der Waals surface area contributed by atoms with E-state index in [9.17, 15) is 9.59 Å². The van der Waals surface area contributed by atoms with Crippen LogP contribution in [0.3, 0.4) is 0 Å². The van der Waals surface area contributed by atoms with Crippen molar-refractivity contribution in [1.82, 2.24) is 10.4 Å². The number of amides is 2. The summed E-state index contributed by atoms with van der Waals surface area (Å²) in [5.74, 6) is -0.500. The van der Waals surface area contributed by atoms with Crippen LogP contribution in [0.4, 0.5) is 10.8 Å². The Morgan fingerprint density at radius 2 is 1.92 bits per heavy atom. The van der Waals surface area contributed by atoms with E-state index < -0.39 is 0 Å².